The van der Waals surface area contributed by atoms with Crippen molar-refractivity contribution in [2.45, 2.75) is 38.5 Å². The Morgan fingerprint density at radius 3 is 2.62 bits per heavy atom. The summed E-state index contributed by atoms with van der Waals surface area (Å²) >= 11 is 0. The van der Waals surface area contributed by atoms with Gasteiger partial charge in [-0.05, 0) is 41.5 Å². The van der Waals surface area contributed by atoms with Gasteiger partial charge >= 0.3 is 0 Å². The molecule has 2 aromatic rings. The average Bonchev–Trinajstić information content (AvgIpc) is 3.29. The largest absolute Gasteiger partial charge is 0.493 e. The Kier molecular flexibility index (Phi) is 5.93. The van der Waals surface area contributed by atoms with Crippen molar-refractivity contribution in [2.24, 2.45) is 11.3 Å². The topological polar surface area (TPSA) is 73.2 Å². The Morgan fingerprint density at radius 1 is 1.14 bits per heavy atom. The molecule has 2 fully saturated rings. The molecule has 1 spiro atoms. The third-order valence-electron chi connectivity index (χ3n) is 6.63. The number of hydrogen-bond acceptors (Lipinski definition) is 5. The number of aliphatic hydroxyl groups is 3. The van der Waals surface area contributed by atoms with Crippen molar-refractivity contribution in [1.82, 2.24) is 4.90 Å². The van der Waals surface area contributed by atoms with Crippen LogP contribution in [0.2, 0.25) is 0 Å². The normalized spacial score (nSPS) is 28.8. The fourth-order valence-corrected chi connectivity index (χ4v) is 5.25. The molecule has 1 heterocycles. The highest BCUT2D eigenvalue weighted by Crippen LogP contribution is 2.68. The van der Waals surface area contributed by atoms with Gasteiger partial charge in [0.05, 0.1) is 19.3 Å². The van der Waals surface area contributed by atoms with Gasteiger partial charge in [0.25, 0.3) is 0 Å². The molecule has 3 N–H and O–H groups in total. The first-order valence-corrected chi connectivity index (χ1v) is 10.6. The second-order valence-electron chi connectivity index (χ2n) is 8.42. The summed E-state index contributed by atoms with van der Waals surface area (Å²) in [5, 5.41) is 30.6. The van der Waals surface area contributed by atoms with Crippen LogP contribution in [0.3, 0.4) is 0 Å². The number of benzene rings is 2. The molecule has 0 amide bonds. The number of rotatable bonds is 8. The molecule has 0 bridgehead atoms. The Hall–Kier alpha value is -1.92. The van der Waals surface area contributed by atoms with Gasteiger partial charge in [-0.25, -0.2) is 0 Å². The molecule has 1 saturated heterocycles. The minimum Gasteiger partial charge on any atom is -0.493 e. The molecule has 0 radical (unpaired) electrons. The predicted molar refractivity (Wildman–Crippen MR) is 112 cm³/mol. The summed E-state index contributed by atoms with van der Waals surface area (Å²) in [6.45, 7) is 4.81. The van der Waals surface area contributed by atoms with E-state index in [1.807, 2.05) is 36.4 Å². The summed E-state index contributed by atoms with van der Waals surface area (Å²) < 4.78 is 5.71. The summed E-state index contributed by atoms with van der Waals surface area (Å²) in [6.07, 6.45) is 0.476. The smallest absolute Gasteiger partial charge is 0.124 e. The number of hydrogen-bond donors (Lipinski definition) is 3. The van der Waals surface area contributed by atoms with Gasteiger partial charge in [0.2, 0.25) is 0 Å². The maximum absolute atomic E-state index is 10.9. The van der Waals surface area contributed by atoms with Gasteiger partial charge in [0.1, 0.15) is 5.75 Å². The van der Waals surface area contributed by atoms with E-state index >= 15 is 0 Å². The van der Waals surface area contributed by atoms with E-state index in [1.165, 1.54) is 5.56 Å². The lowest BCUT2D eigenvalue weighted by atomic mass is 9.95. The highest BCUT2D eigenvalue weighted by Gasteiger charge is 2.70. The quantitative estimate of drug-likeness (QED) is 0.638. The summed E-state index contributed by atoms with van der Waals surface area (Å²) in [5.41, 5.74) is 2.83. The molecule has 0 aromatic heterocycles. The molecule has 2 aromatic carbocycles. The number of aliphatic hydroxyl groups excluding tert-OH is 3. The zero-order valence-electron chi connectivity index (χ0n) is 17.0. The van der Waals surface area contributed by atoms with Crippen molar-refractivity contribution < 1.29 is 20.1 Å². The molecule has 156 valence electrons. The fraction of sp³-hybridized carbons (Fsp3) is 0.500. The van der Waals surface area contributed by atoms with Crippen LogP contribution in [0.5, 0.6) is 5.75 Å². The molecule has 1 saturated carbocycles. The average molecular weight is 398 g/mol. The van der Waals surface area contributed by atoms with E-state index in [2.05, 4.69) is 24.0 Å². The molecule has 29 heavy (non-hydrogen) atoms. The molecule has 1 aliphatic heterocycles. The van der Waals surface area contributed by atoms with Crippen LogP contribution >= 0.6 is 0 Å². The van der Waals surface area contributed by atoms with Gasteiger partial charge in [0.15, 0.2) is 0 Å². The van der Waals surface area contributed by atoms with Crippen molar-refractivity contribution in [3.05, 3.63) is 65.2 Å². The zero-order chi connectivity index (χ0) is 20.4. The van der Waals surface area contributed by atoms with Crippen LogP contribution < -0.4 is 4.74 Å². The number of ether oxygens (including phenoxy) is 1. The summed E-state index contributed by atoms with van der Waals surface area (Å²) in [4.78, 5) is 2.26. The van der Waals surface area contributed by atoms with Crippen LogP contribution in [0.4, 0.5) is 0 Å². The van der Waals surface area contributed by atoms with Gasteiger partial charge in [-0.3, -0.25) is 4.90 Å². The van der Waals surface area contributed by atoms with E-state index < -0.39 is 6.10 Å². The first kappa shape index (κ1) is 20.4. The molecule has 0 unspecified atom stereocenters. The van der Waals surface area contributed by atoms with Crippen molar-refractivity contribution in [1.29, 1.82) is 0 Å². The molecule has 4 atom stereocenters. The SMILES string of the molecule is CCCOc1ccc(CN2C[C@H](O)[C@@]3(C2)[C@H](CO)[C@H]3c2ccccc2)cc1CO. The van der Waals surface area contributed by atoms with E-state index in [0.29, 0.717) is 19.7 Å². The molecule has 2 aliphatic rings. The molecule has 5 heteroatoms. The van der Waals surface area contributed by atoms with Crippen molar-refractivity contribution >= 4 is 0 Å². The first-order chi connectivity index (χ1) is 14.1. The summed E-state index contributed by atoms with van der Waals surface area (Å²) in [6, 6.07) is 16.2. The van der Waals surface area contributed by atoms with Gasteiger partial charge in [-0.15, -0.1) is 0 Å². The summed E-state index contributed by atoms with van der Waals surface area (Å²) in [7, 11) is 0. The van der Waals surface area contributed by atoms with E-state index in [1.54, 1.807) is 0 Å². The maximum atomic E-state index is 10.9. The highest BCUT2D eigenvalue weighted by atomic mass is 16.5. The molecule has 4 rings (SSSR count). The number of β-amino-alcohol motifs (C(OH)–C–C–N with tert-alkyl or cyclic N) is 1. The molecular weight excluding hydrogens is 366 g/mol. The highest BCUT2D eigenvalue weighted by molar-refractivity contribution is 5.38. The van der Waals surface area contributed by atoms with E-state index in [-0.39, 0.29) is 30.5 Å². The Morgan fingerprint density at radius 2 is 1.93 bits per heavy atom. The minimum atomic E-state index is -0.450. The van der Waals surface area contributed by atoms with E-state index in [4.69, 9.17) is 4.74 Å². The molecule has 5 nitrogen and oxygen atoms in total. The van der Waals surface area contributed by atoms with E-state index in [0.717, 1.165) is 29.8 Å². The monoisotopic (exact) mass is 397 g/mol. The predicted octanol–water partition coefficient (Wildman–Crippen LogP) is 2.54. The minimum absolute atomic E-state index is 0.0535. The maximum Gasteiger partial charge on any atom is 0.124 e. The third-order valence-corrected chi connectivity index (χ3v) is 6.63. The van der Waals surface area contributed by atoms with Crippen LogP contribution in [0.25, 0.3) is 0 Å². The second-order valence-corrected chi connectivity index (χ2v) is 8.42. The lowest BCUT2D eigenvalue weighted by Gasteiger charge is -2.18. The van der Waals surface area contributed by atoms with Crippen LogP contribution in [-0.4, -0.2) is 52.6 Å². The standard InChI is InChI=1S/C24H31NO4/c1-2-10-29-21-9-8-17(11-19(21)14-26)12-25-13-22(28)24(16-25)20(15-27)23(24)18-6-4-3-5-7-18/h3-9,11,20,22-23,26-28H,2,10,12-16H2,1H3/t20-,22+,23-,24-/m1/s1. The van der Waals surface area contributed by atoms with Crippen LogP contribution in [0.1, 0.15) is 36.0 Å². The van der Waals surface area contributed by atoms with E-state index in [9.17, 15) is 15.3 Å². The van der Waals surface area contributed by atoms with Gasteiger partial charge < -0.3 is 20.1 Å². The third kappa shape index (κ3) is 3.68. The summed E-state index contributed by atoms with van der Waals surface area (Å²) in [5.74, 6) is 1.04. The zero-order valence-corrected chi connectivity index (χ0v) is 17.0. The van der Waals surface area contributed by atoms with Crippen LogP contribution in [0, 0.1) is 11.3 Å². The second kappa shape index (κ2) is 8.44. The molecule has 1 aliphatic carbocycles. The van der Waals surface area contributed by atoms with Crippen molar-refractivity contribution in [3.63, 3.8) is 0 Å². The van der Waals surface area contributed by atoms with Gasteiger partial charge in [-0.1, -0.05) is 43.3 Å². The van der Waals surface area contributed by atoms with Gasteiger partial charge in [0, 0.05) is 37.2 Å². The van der Waals surface area contributed by atoms with Gasteiger partial charge in [-0.2, -0.15) is 0 Å². The first-order valence-electron chi connectivity index (χ1n) is 10.6. The van der Waals surface area contributed by atoms with Crippen LogP contribution in [0.15, 0.2) is 48.5 Å². The number of likely N-dealkylation sites (tertiary alicyclic amines) is 1. The van der Waals surface area contributed by atoms with Crippen molar-refractivity contribution in [3.8, 4) is 5.75 Å². The van der Waals surface area contributed by atoms with Crippen molar-refractivity contribution in [2.75, 3.05) is 26.3 Å². The Balaban J connectivity index is 1.48. The molecular formula is C24H31NO4. The van der Waals surface area contributed by atoms with Crippen LogP contribution in [-0.2, 0) is 13.2 Å². The lowest BCUT2D eigenvalue weighted by Crippen LogP contribution is -2.23. The fourth-order valence-electron chi connectivity index (χ4n) is 5.25. The lowest BCUT2D eigenvalue weighted by molar-refractivity contribution is 0.111. The Labute approximate surface area is 172 Å². The Bertz CT molecular complexity index is 827. The number of nitrogens with zero attached hydrogens (tertiary/aromatic N) is 1.